The first-order valence-electron chi connectivity index (χ1n) is 7.10. The molecule has 0 atom stereocenters. The van der Waals surface area contributed by atoms with Crippen LogP contribution in [0.3, 0.4) is 0 Å². The summed E-state index contributed by atoms with van der Waals surface area (Å²) in [5.74, 6) is 0.602. The molecule has 0 radical (unpaired) electrons. The third-order valence-electron chi connectivity index (χ3n) is 4.09. The van der Waals surface area contributed by atoms with Crippen LogP contribution in [0.2, 0.25) is 0 Å². The predicted molar refractivity (Wildman–Crippen MR) is 85.6 cm³/mol. The van der Waals surface area contributed by atoms with E-state index in [1.165, 1.54) is 34.4 Å². The van der Waals surface area contributed by atoms with Gasteiger partial charge in [0.25, 0.3) is 0 Å². The van der Waals surface area contributed by atoms with Gasteiger partial charge in [0.05, 0.1) is 5.69 Å². The molecule has 19 heavy (non-hydrogen) atoms. The maximum atomic E-state index is 2.54. The zero-order valence-electron chi connectivity index (χ0n) is 12.0. The van der Waals surface area contributed by atoms with Gasteiger partial charge in [-0.2, -0.15) is 0 Å². The van der Waals surface area contributed by atoms with Crippen molar-refractivity contribution in [3.05, 3.63) is 29.1 Å². The van der Waals surface area contributed by atoms with Crippen molar-refractivity contribution in [1.82, 2.24) is 4.90 Å². The van der Waals surface area contributed by atoms with E-state index >= 15 is 0 Å². The molecule has 3 rings (SSSR count). The fourth-order valence-electron chi connectivity index (χ4n) is 2.68. The molecule has 1 saturated heterocycles. The van der Waals surface area contributed by atoms with Gasteiger partial charge in [-0.05, 0) is 30.7 Å². The van der Waals surface area contributed by atoms with Gasteiger partial charge in [0.1, 0.15) is 0 Å². The van der Waals surface area contributed by atoms with Crippen LogP contribution < -0.4 is 4.90 Å². The topological polar surface area (TPSA) is 6.48 Å². The van der Waals surface area contributed by atoms with E-state index in [0.717, 1.165) is 13.1 Å². The van der Waals surface area contributed by atoms with Gasteiger partial charge in [0.2, 0.25) is 0 Å². The Morgan fingerprint density at radius 1 is 1.11 bits per heavy atom. The van der Waals surface area contributed by atoms with E-state index in [2.05, 4.69) is 54.3 Å². The number of anilines is 1. The average Bonchev–Trinajstić information content (AvgIpc) is 2.82. The van der Waals surface area contributed by atoms with Gasteiger partial charge >= 0.3 is 0 Å². The second-order valence-electron chi connectivity index (χ2n) is 5.82. The third kappa shape index (κ3) is 2.49. The number of fused-ring (bicyclic) bond motifs is 1. The summed E-state index contributed by atoms with van der Waals surface area (Å²) in [7, 11) is 2.21. The van der Waals surface area contributed by atoms with Crippen LogP contribution in [0.15, 0.2) is 23.6 Å². The molecule has 3 heteroatoms. The minimum absolute atomic E-state index is 0.602. The number of thiophene rings is 1. The van der Waals surface area contributed by atoms with Crippen LogP contribution in [-0.4, -0.2) is 38.1 Å². The van der Waals surface area contributed by atoms with Crippen molar-refractivity contribution < 1.29 is 0 Å². The number of piperazine rings is 1. The number of hydrogen-bond donors (Lipinski definition) is 0. The molecule has 1 aromatic heterocycles. The van der Waals surface area contributed by atoms with Crippen molar-refractivity contribution in [2.45, 2.75) is 19.8 Å². The summed E-state index contributed by atoms with van der Waals surface area (Å²) in [4.78, 5) is 4.95. The Labute approximate surface area is 119 Å². The molecule has 1 fully saturated rings. The van der Waals surface area contributed by atoms with Crippen molar-refractivity contribution in [2.75, 3.05) is 38.1 Å². The molecule has 0 amide bonds. The van der Waals surface area contributed by atoms with E-state index in [1.54, 1.807) is 0 Å². The Morgan fingerprint density at radius 3 is 2.53 bits per heavy atom. The lowest BCUT2D eigenvalue weighted by atomic mass is 10.0. The summed E-state index contributed by atoms with van der Waals surface area (Å²) in [6.07, 6.45) is 0. The van der Waals surface area contributed by atoms with Gasteiger partial charge in [-0.15, -0.1) is 11.3 Å². The number of benzene rings is 1. The number of rotatable bonds is 2. The Balaban J connectivity index is 1.97. The summed E-state index contributed by atoms with van der Waals surface area (Å²) in [6, 6.07) is 6.95. The highest BCUT2D eigenvalue weighted by molar-refractivity contribution is 7.17. The Kier molecular flexibility index (Phi) is 3.50. The minimum Gasteiger partial charge on any atom is -0.368 e. The van der Waals surface area contributed by atoms with Gasteiger partial charge in [0.15, 0.2) is 0 Å². The number of nitrogens with zero attached hydrogens (tertiary/aromatic N) is 2. The predicted octanol–water partition coefficient (Wildman–Crippen LogP) is 3.78. The van der Waals surface area contributed by atoms with Gasteiger partial charge < -0.3 is 9.80 Å². The average molecular weight is 274 g/mol. The summed E-state index contributed by atoms with van der Waals surface area (Å²) in [5.41, 5.74) is 2.89. The molecule has 1 aliphatic heterocycles. The smallest absolute Gasteiger partial charge is 0.0555 e. The third-order valence-corrected chi connectivity index (χ3v) is 5.04. The van der Waals surface area contributed by atoms with Crippen LogP contribution in [0.1, 0.15) is 25.3 Å². The maximum absolute atomic E-state index is 2.54. The van der Waals surface area contributed by atoms with E-state index in [4.69, 9.17) is 0 Å². The summed E-state index contributed by atoms with van der Waals surface area (Å²) in [5, 5.41) is 3.78. The molecule has 0 saturated carbocycles. The van der Waals surface area contributed by atoms with E-state index < -0.39 is 0 Å². The molecule has 2 nitrogen and oxygen atoms in total. The molecule has 0 bridgehead atoms. The lowest BCUT2D eigenvalue weighted by Crippen LogP contribution is -2.44. The standard InChI is InChI=1S/C16H22N2S/c1-12(2)13-4-5-16-14(10-13)15(11-19-16)18-8-6-17(3)7-9-18/h4-5,10-12H,6-9H2,1-3H3. The van der Waals surface area contributed by atoms with Crippen LogP contribution in [0.25, 0.3) is 10.1 Å². The zero-order valence-corrected chi connectivity index (χ0v) is 12.8. The highest BCUT2D eigenvalue weighted by Gasteiger charge is 2.17. The van der Waals surface area contributed by atoms with Crippen LogP contribution in [0.4, 0.5) is 5.69 Å². The highest BCUT2D eigenvalue weighted by atomic mass is 32.1. The molecule has 0 aliphatic carbocycles. The van der Waals surface area contributed by atoms with Crippen molar-refractivity contribution in [3.8, 4) is 0 Å². The van der Waals surface area contributed by atoms with Crippen molar-refractivity contribution in [1.29, 1.82) is 0 Å². The molecule has 1 aromatic carbocycles. The van der Waals surface area contributed by atoms with E-state index in [9.17, 15) is 0 Å². The molecule has 0 spiro atoms. The Morgan fingerprint density at radius 2 is 1.84 bits per heavy atom. The summed E-state index contributed by atoms with van der Waals surface area (Å²) < 4.78 is 1.42. The van der Waals surface area contributed by atoms with E-state index in [0.29, 0.717) is 5.92 Å². The van der Waals surface area contributed by atoms with Crippen LogP contribution >= 0.6 is 11.3 Å². The molecule has 0 unspecified atom stereocenters. The quantitative estimate of drug-likeness (QED) is 0.822. The van der Waals surface area contributed by atoms with Gasteiger partial charge in [-0.25, -0.2) is 0 Å². The second-order valence-corrected chi connectivity index (χ2v) is 6.73. The first kappa shape index (κ1) is 12.9. The fourth-order valence-corrected chi connectivity index (χ4v) is 3.64. The van der Waals surface area contributed by atoms with E-state index in [1.807, 2.05) is 11.3 Å². The molecular formula is C16H22N2S. The molecule has 2 aromatic rings. The van der Waals surface area contributed by atoms with Crippen LogP contribution in [-0.2, 0) is 0 Å². The molecule has 0 N–H and O–H groups in total. The number of likely N-dealkylation sites (N-methyl/N-ethyl adjacent to an activating group) is 1. The Bertz CT molecular complexity index is 565. The number of hydrogen-bond acceptors (Lipinski definition) is 3. The zero-order chi connectivity index (χ0) is 13.4. The summed E-state index contributed by atoms with van der Waals surface area (Å²) >= 11 is 1.87. The molecule has 1 aliphatic rings. The summed E-state index contributed by atoms with van der Waals surface area (Å²) in [6.45, 7) is 9.16. The maximum Gasteiger partial charge on any atom is 0.0555 e. The molecule has 102 valence electrons. The van der Waals surface area contributed by atoms with Crippen LogP contribution in [0, 0.1) is 0 Å². The molecule has 2 heterocycles. The van der Waals surface area contributed by atoms with Crippen LogP contribution in [0.5, 0.6) is 0 Å². The second kappa shape index (κ2) is 5.14. The van der Waals surface area contributed by atoms with Crippen molar-refractivity contribution in [3.63, 3.8) is 0 Å². The fraction of sp³-hybridized carbons (Fsp3) is 0.500. The SMILES string of the molecule is CC(C)c1ccc2scc(N3CCN(C)CC3)c2c1. The van der Waals surface area contributed by atoms with Gasteiger partial charge in [-0.1, -0.05) is 19.9 Å². The van der Waals surface area contributed by atoms with Gasteiger partial charge in [0, 0.05) is 41.6 Å². The first-order valence-corrected chi connectivity index (χ1v) is 7.98. The monoisotopic (exact) mass is 274 g/mol. The largest absolute Gasteiger partial charge is 0.368 e. The lowest BCUT2D eigenvalue weighted by molar-refractivity contribution is 0.313. The van der Waals surface area contributed by atoms with Gasteiger partial charge in [-0.3, -0.25) is 0 Å². The van der Waals surface area contributed by atoms with Crippen molar-refractivity contribution in [2.24, 2.45) is 0 Å². The van der Waals surface area contributed by atoms with E-state index in [-0.39, 0.29) is 0 Å². The lowest BCUT2D eigenvalue weighted by Gasteiger charge is -2.33. The first-order chi connectivity index (χ1) is 9.15. The highest BCUT2D eigenvalue weighted by Crippen LogP contribution is 2.35. The Hall–Kier alpha value is -1.06. The van der Waals surface area contributed by atoms with Crippen molar-refractivity contribution >= 4 is 27.1 Å². The molecular weight excluding hydrogens is 252 g/mol. The minimum atomic E-state index is 0.602. The normalized spacial score (nSPS) is 17.6.